The van der Waals surface area contributed by atoms with Crippen LogP contribution >= 0.6 is 11.6 Å². The SMILES string of the molecule is Cc1noc(C)c1C(=O)N/N=C/c1ccc(Cl)cc1. The van der Waals surface area contributed by atoms with Gasteiger partial charge in [-0.15, -0.1) is 0 Å². The van der Waals surface area contributed by atoms with Gasteiger partial charge in [-0.3, -0.25) is 4.79 Å². The summed E-state index contributed by atoms with van der Waals surface area (Å²) in [6.07, 6.45) is 1.53. The summed E-state index contributed by atoms with van der Waals surface area (Å²) in [5.74, 6) is 0.123. The molecule has 2 aromatic rings. The van der Waals surface area contributed by atoms with Crippen molar-refractivity contribution in [3.63, 3.8) is 0 Å². The van der Waals surface area contributed by atoms with E-state index in [0.29, 0.717) is 22.0 Å². The second-order valence-corrected chi connectivity index (χ2v) is 4.39. The number of aromatic nitrogens is 1. The van der Waals surface area contributed by atoms with Gasteiger partial charge in [0.2, 0.25) is 0 Å². The minimum atomic E-state index is -0.346. The first-order valence-electron chi connectivity index (χ1n) is 5.60. The molecule has 0 unspecified atom stereocenters. The molecule has 0 aliphatic carbocycles. The van der Waals surface area contributed by atoms with Gasteiger partial charge in [0.15, 0.2) is 0 Å². The maximum atomic E-state index is 11.8. The first-order chi connectivity index (χ1) is 9.08. The van der Waals surface area contributed by atoms with Gasteiger partial charge in [0.1, 0.15) is 11.3 Å². The van der Waals surface area contributed by atoms with Crippen LogP contribution in [-0.4, -0.2) is 17.3 Å². The number of nitrogens with zero attached hydrogens (tertiary/aromatic N) is 2. The highest BCUT2D eigenvalue weighted by Gasteiger charge is 2.16. The Morgan fingerprint density at radius 1 is 1.37 bits per heavy atom. The van der Waals surface area contributed by atoms with Crippen LogP contribution in [0, 0.1) is 13.8 Å². The van der Waals surface area contributed by atoms with Gasteiger partial charge in [-0.25, -0.2) is 5.43 Å². The lowest BCUT2D eigenvalue weighted by Gasteiger charge is -1.98. The van der Waals surface area contributed by atoms with Gasteiger partial charge < -0.3 is 4.52 Å². The molecule has 1 aromatic carbocycles. The molecule has 1 N–H and O–H groups in total. The fraction of sp³-hybridized carbons (Fsp3) is 0.154. The molecule has 5 nitrogen and oxygen atoms in total. The standard InChI is InChI=1S/C13H12ClN3O2/c1-8-12(9(2)19-17-8)13(18)16-15-7-10-3-5-11(14)6-4-10/h3-7H,1-2H3,(H,16,18)/b15-7+. The summed E-state index contributed by atoms with van der Waals surface area (Å²) in [6, 6.07) is 7.10. The van der Waals surface area contributed by atoms with Crippen LogP contribution < -0.4 is 5.43 Å². The number of benzene rings is 1. The molecular weight excluding hydrogens is 266 g/mol. The largest absolute Gasteiger partial charge is 0.361 e. The zero-order valence-electron chi connectivity index (χ0n) is 10.5. The molecule has 0 aliphatic heterocycles. The minimum absolute atomic E-state index is 0.346. The Hall–Kier alpha value is -2.14. The topological polar surface area (TPSA) is 67.5 Å². The van der Waals surface area contributed by atoms with Crippen molar-refractivity contribution in [2.45, 2.75) is 13.8 Å². The third kappa shape index (κ3) is 3.20. The van der Waals surface area contributed by atoms with Crippen molar-refractivity contribution in [2.24, 2.45) is 5.10 Å². The maximum Gasteiger partial charge on any atom is 0.276 e. The van der Waals surface area contributed by atoms with E-state index in [2.05, 4.69) is 15.7 Å². The summed E-state index contributed by atoms with van der Waals surface area (Å²) in [5.41, 5.74) is 4.21. The lowest BCUT2D eigenvalue weighted by molar-refractivity contribution is 0.0953. The Bertz CT molecular complexity index is 598. The molecule has 0 aliphatic rings. The van der Waals surface area contributed by atoms with Gasteiger partial charge in [0, 0.05) is 5.02 Å². The van der Waals surface area contributed by atoms with E-state index in [1.807, 2.05) is 0 Å². The van der Waals surface area contributed by atoms with E-state index in [1.165, 1.54) is 6.21 Å². The lowest BCUT2D eigenvalue weighted by atomic mass is 10.2. The van der Waals surface area contributed by atoms with Crippen molar-refractivity contribution in [3.8, 4) is 0 Å². The Morgan fingerprint density at radius 3 is 2.63 bits per heavy atom. The second kappa shape index (κ2) is 5.67. The van der Waals surface area contributed by atoms with Gasteiger partial charge in [-0.05, 0) is 31.5 Å². The highest BCUT2D eigenvalue weighted by Crippen LogP contribution is 2.11. The van der Waals surface area contributed by atoms with Crippen LogP contribution in [0.1, 0.15) is 27.4 Å². The van der Waals surface area contributed by atoms with Crippen LogP contribution in [0.4, 0.5) is 0 Å². The van der Waals surface area contributed by atoms with Crippen LogP contribution in [0.5, 0.6) is 0 Å². The molecule has 0 spiro atoms. The average molecular weight is 278 g/mol. The molecule has 6 heteroatoms. The first kappa shape index (κ1) is 13.3. The zero-order valence-corrected chi connectivity index (χ0v) is 11.2. The number of aryl methyl sites for hydroxylation is 2. The van der Waals surface area contributed by atoms with Crippen molar-refractivity contribution in [1.82, 2.24) is 10.6 Å². The number of hydrogen-bond donors (Lipinski definition) is 1. The second-order valence-electron chi connectivity index (χ2n) is 3.95. The van der Waals surface area contributed by atoms with E-state index >= 15 is 0 Å². The minimum Gasteiger partial charge on any atom is -0.361 e. The van der Waals surface area contributed by atoms with Gasteiger partial charge in [0.25, 0.3) is 5.91 Å². The number of amides is 1. The number of halogens is 1. The first-order valence-corrected chi connectivity index (χ1v) is 5.97. The van der Waals surface area contributed by atoms with Crippen LogP contribution in [0.25, 0.3) is 0 Å². The average Bonchev–Trinajstić information content (AvgIpc) is 2.71. The number of carbonyl (C=O) groups excluding carboxylic acids is 1. The van der Waals surface area contributed by atoms with Crippen molar-refractivity contribution < 1.29 is 9.32 Å². The molecule has 98 valence electrons. The van der Waals surface area contributed by atoms with Crippen molar-refractivity contribution in [1.29, 1.82) is 0 Å². The van der Waals surface area contributed by atoms with Crippen molar-refractivity contribution in [3.05, 3.63) is 51.9 Å². The number of carbonyl (C=O) groups is 1. The third-order valence-electron chi connectivity index (χ3n) is 2.51. The Kier molecular flexibility index (Phi) is 3.97. The summed E-state index contributed by atoms with van der Waals surface area (Å²) in [4.78, 5) is 11.8. The Balaban J connectivity index is 2.03. The Labute approximate surface area is 115 Å². The van der Waals surface area contributed by atoms with E-state index in [-0.39, 0.29) is 5.91 Å². The van der Waals surface area contributed by atoms with Gasteiger partial charge in [-0.1, -0.05) is 28.9 Å². The fourth-order valence-corrected chi connectivity index (χ4v) is 1.70. The van der Waals surface area contributed by atoms with Crippen LogP contribution in [0.2, 0.25) is 5.02 Å². The summed E-state index contributed by atoms with van der Waals surface area (Å²) in [5, 5.41) is 8.23. The zero-order chi connectivity index (χ0) is 13.8. The smallest absolute Gasteiger partial charge is 0.276 e. The fourth-order valence-electron chi connectivity index (χ4n) is 1.58. The molecule has 19 heavy (non-hydrogen) atoms. The predicted octanol–water partition coefficient (Wildman–Crippen LogP) is 2.71. The molecule has 0 atom stereocenters. The Morgan fingerprint density at radius 2 is 2.05 bits per heavy atom. The third-order valence-corrected chi connectivity index (χ3v) is 2.76. The van der Waals surface area contributed by atoms with Gasteiger partial charge >= 0.3 is 0 Å². The molecule has 0 saturated carbocycles. The van der Waals surface area contributed by atoms with Crippen LogP contribution in [-0.2, 0) is 0 Å². The molecular formula is C13H12ClN3O2. The summed E-state index contributed by atoms with van der Waals surface area (Å²) >= 11 is 5.77. The lowest BCUT2D eigenvalue weighted by Crippen LogP contribution is -2.18. The molecule has 0 fully saturated rings. The molecule has 0 bridgehead atoms. The molecule has 0 radical (unpaired) electrons. The molecule has 0 saturated heterocycles. The number of nitrogens with one attached hydrogen (secondary N) is 1. The monoisotopic (exact) mass is 277 g/mol. The molecule has 1 aromatic heterocycles. The molecule has 2 rings (SSSR count). The van der Waals surface area contributed by atoms with Crippen LogP contribution in [0.15, 0.2) is 33.9 Å². The van der Waals surface area contributed by atoms with Gasteiger partial charge in [-0.2, -0.15) is 5.10 Å². The summed E-state index contributed by atoms with van der Waals surface area (Å²) in [6.45, 7) is 3.38. The molecule has 1 amide bonds. The highest BCUT2D eigenvalue weighted by molar-refractivity contribution is 6.30. The number of hydrazone groups is 1. The van der Waals surface area contributed by atoms with E-state index in [4.69, 9.17) is 16.1 Å². The quantitative estimate of drug-likeness (QED) is 0.693. The van der Waals surface area contributed by atoms with Crippen molar-refractivity contribution >= 4 is 23.7 Å². The predicted molar refractivity (Wildman–Crippen MR) is 72.5 cm³/mol. The summed E-state index contributed by atoms with van der Waals surface area (Å²) in [7, 11) is 0. The molecule has 1 heterocycles. The van der Waals surface area contributed by atoms with E-state index in [9.17, 15) is 4.79 Å². The van der Waals surface area contributed by atoms with Crippen LogP contribution in [0.3, 0.4) is 0 Å². The number of rotatable bonds is 3. The number of hydrogen-bond acceptors (Lipinski definition) is 4. The van der Waals surface area contributed by atoms with E-state index < -0.39 is 0 Å². The highest BCUT2D eigenvalue weighted by atomic mass is 35.5. The normalized spacial score (nSPS) is 10.9. The van der Waals surface area contributed by atoms with Crippen molar-refractivity contribution in [2.75, 3.05) is 0 Å². The van der Waals surface area contributed by atoms with E-state index in [0.717, 1.165) is 5.56 Å². The maximum absolute atomic E-state index is 11.8. The van der Waals surface area contributed by atoms with Gasteiger partial charge in [0.05, 0.1) is 11.9 Å². The summed E-state index contributed by atoms with van der Waals surface area (Å²) < 4.78 is 4.92. The van der Waals surface area contributed by atoms with E-state index in [1.54, 1.807) is 38.1 Å².